The molecule has 0 aliphatic rings. The van der Waals surface area contributed by atoms with Crippen LogP contribution in [-0.4, -0.2) is 50.7 Å². The van der Waals surface area contributed by atoms with Crippen molar-refractivity contribution in [3.05, 3.63) is 42.0 Å². The number of benzene rings is 1. The number of sulfonamides is 1. The van der Waals surface area contributed by atoms with Gasteiger partial charge in [-0.15, -0.1) is 0 Å². The molecule has 1 rings (SSSR count). The van der Waals surface area contributed by atoms with Crippen molar-refractivity contribution in [1.29, 1.82) is 0 Å². The average Bonchev–Trinajstić information content (AvgIpc) is 2.43. The molecule has 0 atom stereocenters. The van der Waals surface area contributed by atoms with E-state index in [0.29, 0.717) is 18.7 Å². The zero-order valence-corrected chi connectivity index (χ0v) is 13.8. The highest BCUT2D eigenvalue weighted by Crippen LogP contribution is 2.15. The maximum absolute atomic E-state index is 12.3. The molecule has 1 aromatic rings. The van der Waals surface area contributed by atoms with Crippen molar-refractivity contribution in [2.45, 2.75) is 18.7 Å². The molecule has 0 saturated heterocycles. The number of hydrogen-bond donors (Lipinski definition) is 0. The summed E-state index contributed by atoms with van der Waals surface area (Å²) in [5.41, 5.74) is 1.37. The zero-order valence-electron chi connectivity index (χ0n) is 13.0. The van der Waals surface area contributed by atoms with Crippen LogP contribution in [0.3, 0.4) is 0 Å². The van der Waals surface area contributed by atoms with E-state index in [0.717, 1.165) is 9.88 Å². The van der Waals surface area contributed by atoms with Crippen LogP contribution in [0.15, 0.2) is 41.3 Å². The number of carbonyl (C=O) groups is 1. The molecule has 0 fully saturated rings. The Labute approximate surface area is 126 Å². The van der Waals surface area contributed by atoms with Gasteiger partial charge < -0.3 is 4.90 Å². The van der Waals surface area contributed by atoms with Crippen LogP contribution in [0.4, 0.5) is 0 Å². The maximum atomic E-state index is 12.3. The molecule has 0 aliphatic carbocycles. The first kappa shape index (κ1) is 17.4. The Morgan fingerprint density at radius 1 is 1.19 bits per heavy atom. The molecule has 1 amide bonds. The summed E-state index contributed by atoms with van der Waals surface area (Å²) in [6, 6.07) is 5.99. The number of amides is 1. The van der Waals surface area contributed by atoms with Crippen LogP contribution >= 0.6 is 0 Å². The van der Waals surface area contributed by atoms with Gasteiger partial charge in [0.2, 0.25) is 10.0 Å². The molecular formula is C15H22N2O3S. The number of rotatable bonds is 6. The molecule has 0 radical (unpaired) electrons. The Hall–Kier alpha value is -1.66. The fraction of sp³-hybridized carbons (Fsp3) is 0.400. The Bertz CT molecular complexity index is 619. The molecule has 0 bridgehead atoms. The lowest BCUT2D eigenvalue weighted by molar-refractivity contribution is 0.0778. The van der Waals surface area contributed by atoms with Crippen LogP contribution < -0.4 is 0 Å². The summed E-state index contributed by atoms with van der Waals surface area (Å²) in [6.07, 6.45) is 0. The minimum Gasteiger partial charge on any atom is -0.335 e. The zero-order chi connectivity index (χ0) is 16.2. The Morgan fingerprint density at radius 3 is 2.10 bits per heavy atom. The molecule has 6 heteroatoms. The second kappa shape index (κ2) is 6.87. The predicted molar refractivity (Wildman–Crippen MR) is 83.7 cm³/mol. The summed E-state index contributed by atoms with van der Waals surface area (Å²) in [7, 11) is -0.525. The molecule has 0 aromatic heterocycles. The van der Waals surface area contributed by atoms with Crippen molar-refractivity contribution in [2.75, 3.05) is 27.2 Å². The fourth-order valence-electron chi connectivity index (χ4n) is 1.82. The monoisotopic (exact) mass is 310 g/mol. The number of carbonyl (C=O) groups excluding carboxylic acids is 1. The van der Waals surface area contributed by atoms with E-state index in [4.69, 9.17) is 0 Å². The highest BCUT2D eigenvalue weighted by Gasteiger charge is 2.19. The van der Waals surface area contributed by atoms with Crippen molar-refractivity contribution >= 4 is 15.9 Å². The van der Waals surface area contributed by atoms with Crippen LogP contribution in [0.25, 0.3) is 0 Å². The van der Waals surface area contributed by atoms with Gasteiger partial charge in [0.1, 0.15) is 0 Å². The van der Waals surface area contributed by atoms with Gasteiger partial charge in [-0.1, -0.05) is 12.2 Å². The second-order valence-corrected chi connectivity index (χ2v) is 7.24. The van der Waals surface area contributed by atoms with Gasteiger partial charge in [0.25, 0.3) is 5.91 Å². The van der Waals surface area contributed by atoms with Gasteiger partial charge >= 0.3 is 0 Å². The Kier molecular flexibility index (Phi) is 5.69. The maximum Gasteiger partial charge on any atom is 0.254 e. The molecule has 0 unspecified atom stereocenters. The molecule has 21 heavy (non-hydrogen) atoms. The van der Waals surface area contributed by atoms with E-state index < -0.39 is 10.0 Å². The lowest BCUT2D eigenvalue weighted by atomic mass is 10.2. The molecule has 0 aliphatic heterocycles. The first-order valence-corrected chi connectivity index (χ1v) is 8.10. The van der Waals surface area contributed by atoms with Gasteiger partial charge in [-0.2, -0.15) is 0 Å². The van der Waals surface area contributed by atoms with E-state index in [1.54, 1.807) is 17.0 Å². The summed E-state index contributed by atoms with van der Waals surface area (Å²) in [5, 5.41) is 0. The molecule has 1 aromatic carbocycles. The van der Waals surface area contributed by atoms with E-state index in [2.05, 4.69) is 6.58 Å². The third-order valence-corrected chi connectivity index (χ3v) is 4.84. The number of nitrogens with zero attached hydrogens (tertiary/aromatic N) is 2. The molecule has 0 heterocycles. The SMILES string of the molecule is C=C(C)CN(CC)C(=O)c1ccc(S(=O)(=O)N(C)C)cc1. The third kappa shape index (κ3) is 4.15. The van der Waals surface area contributed by atoms with Crippen LogP contribution in [0.1, 0.15) is 24.2 Å². The number of hydrogen-bond acceptors (Lipinski definition) is 3. The van der Waals surface area contributed by atoms with E-state index in [9.17, 15) is 13.2 Å². The highest BCUT2D eigenvalue weighted by atomic mass is 32.2. The highest BCUT2D eigenvalue weighted by molar-refractivity contribution is 7.89. The minimum absolute atomic E-state index is 0.130. The standard InChI is InChI=1S/C15H22N2O3S/c1-6-17(11-12(2)3)15(18)13-7-9-14(10-8-13)21(19,20)16(4)5/h7-10H,2,6,11H2,1,3-5H3. The molecule has 0 N–H and O–H groups in total. The van der Waals surface area contributed by atoms with Crippen molar-refractivity contribution in [3.63, 3.8) is 0 Å². The molecule has 0 saturated carbocycles. The van der Waals surface area contributed by atoms with E-state index in [1.165, 1.54) is 26.2 Å². The normalized spacial score (nSPS) is 11.5. The second-order valence-electron chi connectivity index (χ2n) is 5.09. The van der Waals surface area contributed by atoms with Crippen LogP contribution in [0.2, 0.25) is 0 Å². The van der Waals surface area contributed by atoms with Crippen molar-refractivity contribution in [2.24, 2.45) is 0 Å². The van der Waals surface area contributed by atoms with Gasteiger partial charge in [0, 0.05) is 32.7 Å². The summed E-state index contributed by atoms with van der Waals surface area (Å²) >= 11 is 0. The lowest BCUT2D eigenvalue weighted by Gasteiger charge is -2.21. The largest absolute Gasteiger partial charge is 0.335 e. The Morgan fingerprint density at radius 2 is 1.71 bits per heavy atom. The third-order valence-electron chi connectivity index (χ3n) is 3.01. The van der Waals surface area contributed by atoms with E-state index >= 15 is 0 Å². The molecule has 0 spiro atoms. The molecule has 5 nitrogen and oxygen atoms in total. The average molecular weight is 310 g/mol. The lowest BCUT2D eigenvalue weighted by Crippen LogP contribution is -2.32. The van der Waals surface area contributed by atoms with Crippen LogP contribution in [0, 0.1) is 0 Å². The summed E-state index contributed by atoms with van der Waals surface area (Å²) in [6.45, 7) is 8.63. The quantitative estimate of drug-likeness (QED) is 0.755. The van der Waals surface area contributed by atoms with Gasteiger partial charge in [0.05, 0.1) is 4.90 Å². The fourth-order valence-corrected chi connectivity index (χ4v) is 2.72. The van der Waals surface area contributed by atoms with Crippen LogP contribution in [0.5, 0.6) is 0 Å². The van der Waals surface area contributed by atoms with Gasteiger partial charge in [-0.25, -0.2) is 12.7 Å². The summed E-state index contributed by atoms with van der Waals surface area (Å²) in [4.78, 5) is 14.2. The summed E-state index contributed by atoms with van der Waals surface area (Å²) in [5.74, 6) is -0.130. The summed E-state index contributed by atoms with van der Waals surface area (Å²) < 4.78 is 25.1. The van der Waals surface area contributed by atoms with Gasteiger partial charge in [-0.05, 0) is 38.1 Å². The van der Waals surface area contributed by atoms with Crippen LogP contribution in [-0.2, 0) is 10.0 Å². The molecule has 116 valence electrons. The first-order valence-electron chi connectivity index (χ1n) is 6.66. The van der Waals surface area contributed by atoms with Gasteiger partial charge in [-0.3, -0.25) is 4.79 Å². The van der Waals surface area contributed by atoms with E-state index in [-0.39, 0.29) is 10.8 Å². The van der Waals surface area contributed by atoms with Crippen molar-refractivity contribution < 1.29 is 13.2 Å². The predicted octanol–water partition coefficient (Wildman–Crippen LogP) is 1.98. The van der Waals surface area contributed by atoms with Crippen molar-refractivity contribution in [1.82, 2.24) is 9.21 Å². The Balaban J connectivity index is 3.02. The molecular weight excluding hydrogens is 288 g/mol. The van der Waals surface area contributed by atoms with Gasteiger partial charge in [0.15, 0.2) is 0 Å². The number of likely N-dealkylation sites (N-methyl/N-ethyl adjacent to an activating group) is 1. The smallest absolute Gasteiger partial charge is 0.254 e. The minimum atomic E-state index is -3.47. The van der Waals surface area contributed by atoms with E-state index in [1.807, 2.05) is 13.8 Å². The first-order chi connectivity index (χ1) is 9.70. The topological polar surface area (TPSA) is 57.7 Å². The van der Waals surface area contributed by atoms with Crippen molar-refractivity contribution in [3.8, 4) is 0 Å².